The summed E-state index contributed by atoms with van der Waals surface area (Å²) >= 11 is 5.30. The maximum atomic E-state index is 11.5. The third-order valence-electron chi connectivity index (χ3n) is 7.09. The van der Waals surface area contributed by atoms with Gasteiger partial charge < -0.3 is 20.3 Å². The van der Waals surface area contributed by atoms with E-state index in [2.05, 4.69) is 28.5 Å². The smallest absolute Gasteiger partial charge is 0.170 e. The van der Waals surface area contributed by atoms with Crippen LogP contribution in [0.5, 0.6) is 0 Å². The molecule has 4 N–H and O–H groups in total. The van der Waals surface area contributed by atoms with Crippen LogP contribution in [0.2, 0.25) is 0 Å². The van der Waals surface area contributed by atoms with Crippen molar-refractivity contribution < 1.29 is 13.8 Å². The van der Waals surface area contributed by atoms with Crippen molar-refractivity contribution in [3.05, 3.63) is 66.4 Å². The number of thiocarbonyl (C=S) groups is 1. The molecule has 0 spiro atoms. The number of rotatable bonds is 8. The fraction of sp³-hybridized carbons (Fsp3) is 0.357. The van der Waals surface area contributed by atoms with E-state index in [9.17, 15) is 9.11 Å². The maximum absolute atomic E-state index is 11.5. The topological polar surface area (TPSA) is 127 Å². The Morgan fingerprint density at radius 3 is 2.59 bits per heavy atom. The molecule has 1 saturated carbocycles. The highest BCUT2D eigenvalue weighted by molar-refractivity contribution is 8.25. The molecule has 11 heteroatoms. The number of benzene rings is 2. The molecule has 1 aliphatic heterocycles. The zero-order chi connectivity index (χ0) is 27.5. The second-order valence-electron chi connectivity index (χ2n) is 9.77. The van der Waals surface area contributed by atoms with Gasteiger partial charge in [0.25, 0.3) is 0 Å². The Bertz CT molecular complexity index is 1360. The van der Waals surface area contributed by atoms with Gasteiger partial charge in [-0.2, -0.15) is 15.9 Å². The van der Waals surface area contributed by atoms with E-state index >= 15 is 0 Å². The van der Waals surface area contributed by atoms with Crippen LogP contribution in [0.4, 0.5) is 11.5 Å². The lowest BCUT2D eigenvalue weighted by atomic mass is 10.1. The van der Waals surface area contributed by atoms with Gasteiger partial charge in [-0.25, -0.2) is 9.97 Å². The number of hydrogen-bond donors (Lipinski definition) is 4. The van der Waals surface area contributed by atoms with Crippen molar-refractivity contribution in [2.45, 2.75) is 41.9 Å². The number of anilines is 2. The van der Waals surface area contributed by atoms with Gasteiger partial charge in [0.1, 0.15) is 10.6 Å². The SMILES string of the molecule is C[C@H]1COCCN1c1cc(C2(S(O)(O)c3ccccc3)CC2)nc(-c2ccc(NC(=S)NCCC#N)cc2)n1. The van der Waals surface area contributed by atoms with E-state index in [-0.39, 0.29) is 6.04 Å². The van der Waals surface area contributed by atoms with Crippen molar-refractivity contribution in [2.75, 3.05) is 36.5 Å². The Kier molecular flexibility index (Phi) is 8.02. The molecule has 1 saturated heterocycles. The highest BCUT2D eigenvalue weighted by Crippen LogP contribution is 2.75. The number of nitriles is 1. The third kappa shape index (κ3) is 5.71. The van der Waals surface area contributed by atoms with Gasteiger partial charge in [0.05, 0.1) is 42.3 Å². The average Bonchev–Trinajstić information content (AvgIpc) is 3.77. The van der Waals surface area contributed by atoms with Gasteiger partial charge in [0.15, 0.2) is 10.9 Å². The minimum atomic E-state index is -3.16. The van der Waals surface area contributed by atoms with Gasteiger partial charge in [-0.15, -0.1) is 0 Å². The van der Waals surface area contributed by atoms with Gasteiger partial charge in [-0.1, -0.05) is 18.2 Å². The summed E-state index contributed by atoms with van der Waals surface area (Å²) in [7, 11) is -3.16. The highest BCUT2D eigenvalue weighted by atomic mass is 32.3. The molecule has 2 aromatic carbocycles. The van der Waals surface area contributed by atoms with Crippen LogP contribution in [-0.2, 0) is 9.48 Å². The minimum Gasteiger partial charge on any atom is -0.377 e. The lowest BCUT2D eigenvalue weighted by Gasteiger charge is -2.41. The fourth-order valence-corrected chi connectivity index (χ4v) is 7.03. The highest BCUT2D eigenvalue weighted by Gasteiger charge is 2.57. The van der Waals surface area contributed by atoms with Gasteiger partial charge in [-0.05, 0) is 68.4 Å². The fourth-order valence-electron chi connectivity index (χ4n) is 4.76. The molecule has 2 fully saturated rings. The van der Waals surface area contributed by atoms with Gasteiger partial charge in [-0.3, -0.25) is 9.11 Å². The second kappa shape index (κ2) is 11.5. The summed E-state index contributed by atoms with van der Waals surface area (Å²) in [6, 6.07) is 20.8. The van der Waals surface area contributed by atoms with Gasteiger partial charge in [0, 0.05) is 30.4 Å². The number of aromatic nitrogens is 2. The molecule has 0 unspecified atom stereocenters. The first kappa shape index (κ1) is 27.3. The molecule has 3 aromatic rings. The predicted molar refractivity (Wildman–Crippen MR) is 158 cm³/mol. The largest absolute Gasteiger partial charge is 0.377 e. The molecule has 39 heavy (non-hydrogen) atoms. The molecule has 0 radical (unpaired) electrons. The van der Waals surface area contributed by atoms with Crippen molar-refractivity contribution in [1.29, 1.82) is 5.26 Å². The van der Waals surface area contributed by atoms with Crippen molar-refractivity contribution in [3.8, 4) is 17.5 Å². The van der Waals surface area contributed by atoms with Crippen LogP contribution in [0, 0.1) is 11.3 Å². The monoisotopic (exact) mass is 564 g/mol. The van der Waals surface area contributed by atoms with Crippen molar-refractivity contribution in [2.24, 2.45) is 0 Å². The van der Waals surface area contributed by atoms with E-state index < -0.39 is 15.3 Å². The lowest BCUT2D eigenvalue weighted by molar-refractivity contribution is 0.0985. The van der Waals surface area contributed by atoms with Crippen LogP contribution in [0.3, 0.4) is 0 Å². The molecular weight excluding hydrogens is 532 g/mol. The molecular formula is C28H32N6O3S2. The Hall–Kier alpha value is -3.27. The normalized spacial score (nSPS) is 18.6. The van der Waals surface area contributed by atoms with E-state index in [1.807, 2.05) is 48.5 Å². The van der Waals surface area contributed by atoms with E-state index in [0.29, 0.717) is 67.1 Å². The summed E-state index contributed by atoms with van der Waals surface area (Å²) in [4.78, 5) is 12.6. The van der Waals surface area contributed by atoms with Crippen molar-refractivity contribution in [1.82, 2.24) is 15.3 Å². The average molecular weight is 565 g/mol. The molecule has 0 bridgehead atoms. The van der Waals surface area contributed by atoms with E-state index in [1.54, 1.807) is 12.1 Å². The number of nitrogens with one attached hydrogen (secondary N) is 2. The molecule has 1 aliphatic carbocycles. The molecule has 2 heterocycles. The quantitative estimate of drug-likeness (QED) is 0.210. The number of hydrogen-bond acceptors (Lipinski definition) is 8. The zero-order valence-electron chi connectivity index (χ0n) is 21.7. The van der Waals surface area contributed by atoms with Crippen LogP contribution in [0.1, 0.15) is 31.9 Å². The first-order valence-corrected chi connectivity index (χ1v) is 14.9. The second-order valence-corrected chi connectivity index (χ2v) is 12.5. The summed E-state index contributed by atoms with van der Waals surface area (Å²) in [6.45, 7) is 4.47. The Balaban J connectivity index is 1.49. The Morgan fingerprint density at radius 2 is 1.92 bits per heavy atom. The summed E-state index contributed by atoms with van der Waals surface area (Å²) in [5, 5.41) is 15.3. The van der Waals surface area contributed by atoms with E-state index in [4.69, 9.17) is 32.2 Å². The maximum Gasteiger partial charge on any atom is 0.170 e. The van der Waals surface area contributed by atoms with Crippen LogP contribution >= 0.6 is 22.8 Å². The van der Waals surface area contributed by atoms with E-state index in [0.717, 1.165) is 17.1 Å². The summed E-state index contributed by atoms with van der Waals surface area (Å²) in [5.41, 5.74) is 2.25. The van der Waals surface area contributed by atoms with E-state index in [1.165, 1.54) is 0 Å². The number of ether oxygens (including phenoxy) is 1. The number of nitrogens with zero attached hydrogens (tertiary/aromatic N) is 4. The molecule has 1 atom stereocenters. The molecule has 5 rings (SSSR count). The van der Waals surface area contributed by atoms with Gasteiger partial charge >= 0.3 is 0 Å². The van der Waals surface area contributed by atoms with Crippen LogP contribution in [-0.4, -0.2) is 56.5 Å². The Morgan fingerprint density at radius 1 is 1.18 bits per heavy atom. The number of morpholine rings is 1. The standard InChI is InChI=1S/C28H32N6O3S2/c1-20-19-37-17-16-34(20)25-18-24(28(12-13-28)39(35,36)23-6-3-2-4-7-23)32-26(33-25)21-8-10-22(11-9-21)31-27(38)30-15-5-14-29/h2-4,6-11,18,20,35-36H,5,12-13,15-17,19H2,1H3,(H2,30,31,38)/t20-/m0/s1. The summed E-state index contributed by atoms with van der Waals surface area (Å²) < 4.78 is 27.9. The molecule has 0 amide bonds. The van der Waals surface area contributed by atoms with Crippen molar-refractivity contribution in [3.63, 3.8) is 0 Å². The van der Waals surface area contributed by atoms with Crippen molar-refractivity contribution >= 4 is 39.4 Å². The summed E-state index contributed by atoms with van der Waals surface area (Å²) in [6.07, 6.45) is 1.64. The molecule has 9 nitrogen and oxygen atoms in total. The first-order valence-electron chi connectivity index (χ1n) is 12.9. The van der Waals surface area contributed by atoms with Crippen LogP contribution in [0.15, 0.2) is 65.6 Å². The van der Waals surface area contributed by atoms with Crippen LogP contribution < -0.4 is 15.5 Å². The third-order valence-corrected chi connectivity index (χ3v) is 9.97. The minimum absolute atomic E-state index is 0.125. The predicted octanol–water partition coefficient (Wildman–Crippen LogP) is 5.37. The molecule has 204 valence electrons. The molecule has 1 aromatic heterocycles. The first-order chi connectivity index (χ1) is 18.8. The zero-order valence-corrected chi connectivity index (χ0v) is 23.3. The lowest BCUT2D eigenvalue weighted by Crippen LogP contribution is -2.44. The molecule has 2 aliphatic rings. The summed E-state index contributed by atoms with van der Waals surface area (Å²) in [5.74, 6) is 1.28. The van der Waals surface area contributed by atoms with Gasteiger partial charge in [0.2, 0.25) is 0 Å². The Labute approximate surface area is 235 Å². The van der Waals surface area contributed by atoms with Crippen LogP contribution in [0.25, 0.3) is 11.4 Å².